The summed E-state index contributed by atoms with van der Waals surface area (Å²) in [5.41, 5.74) is 0. The Hall–Kier alpha value is -1.02. The van der Waals surface area contributed by atoms with Gasteiger partial charge in [0, 0.05) is 25.2 Å². The molecule has 0 N–H and O–H groups in total. The van der Waals surface area contributed by atoms with Gasteiger partial charge in [-0.2, -0.15) is 4.31 Å². The first-order valence-corrected chi connectivity index (χ1v) is 9.58. The van der Waals surface area contributed by atoms with Crippen LogP contribution >= 0.6 is 11.6 Å². The van der Waals surface area contributed by atoms with Crippen LogP contribution in [0.5, 0.6) is 11.5 Å². The second-order valence-corrected chi connectivity index (χ2v) is 8.35. The number of hydrogen-bond donors (Lipinski definition) is 0. The average molecular weight is 360 g/mol. The minimum absolute atomic E-state index is 0.00508. The van der Waals surface area contributed by atoms with Gasteiger partial charge in [0.05, 0.1) is 17.7 Å². The molecule has 1 aromatic carbocycles. The van der Waals surface area contributed by atoms with Gasteiger partial charge in [-0.3, -0.25) is 0 Å². The Bertz CT molecular complexity index is 719. The molecular weight excluding hydrogens is 342 g/mol. The van der Waals surface area contributed by atoms with E-state index < -0.39 is 10.0 Å². The number of sulfonamides is 1. The van der Waals surface area contributed by atoms with Gasteiger partial charge >= 0.3 is 0 Å². The summed E-state index contributed by atoms with van der Waals surface area (Å²) in [4.78, 5) is 0.0693. The van der Waals surface area contributed by atoms with Crippen molar-refractivity contribution in [1.82, 2.24) is 4.31 Å². The number of morpholine rings is 1. The lowest BCUT2D eigenvalue weighted by atomic mass is 10.2. The fourth-order valence-corrected chi connectivity index (χ4v) is 4.95. The largest absolute Gasteiger partial charge is 0.486 e. The van der Waals surface area contributed by atoms with Crippen molar-refractivity contribution in [2.24, 2.45) is 5.92 Å². The van der Waals surface area contributed by atoms with E-state index >= 15 is 0 Å². The van der Waals surface area contributed by atoms with Crippen molar-refractivity contribution >= 4 is 21.6 Å². The zero-order valence-electron chi connectivity index (χ0n) is 12.5. The molecule has 1 saturated heterocycles. The van der Waals surface area contributed by atoms with Crippen molar-refractivity contribution in [3.05, 3.63) is 17.2 Å². The normalized spacial score (nSPS) is 25.3. The second kappa shape index (κ2) is 5.81. The minimum Gasteiger partial charge on any atom is -0.486 e. The Morgan fingerprint density at radius 1 is 1.09 bits per heavy atom. The number of hydrogen-bond acceptors (Lipinski definition) is 5. The predicted octanol–water partition coefficient (Wildman–Crippen LogP) is 1.91. The van der Waals surface area contributed by atoms with E-state index in [4.69, 9.17) is 25.8 Å². The topological polar surface area (TPSA) is 65.1 Å². The summed E-state index contributed by atoms with van der Waals surface area (Å²) < 4.78 is 44.0. The Kier molecular flexibility index (Phi) is 3.91. The summed E-state index contributed by atoms with van der Waals surface area (Å²) in [7, 11) is -3.68. The lowest BCUT2D eigenvalue weighted by molar-refractivity contribution is -0.0134. The Morgan fingerprint density at radius 3 is 2.48 bits per heavy atom. The van der Waals surface area contributed by atoms with Gasteiger partial charge in [-0.05, 0) is 18.8 Å². The van der Waals surface area contributed by atoms with E-state index in [9.17, 15) is 8.42 Å². The highest BCUT2D eigenvalue weighted by molar-refractivity contribution is 7.89. The second-order valence-electron chi connectivity index (χ2n) is 6.04. The molecule has 6 nitrogen and oxygen atoms in total. The zero-order chi connectivity index (χ0) is 16.0. The van der Waals surface area contributed by atoms with E-state index in [2.05, 4.69) is 0 Å². The van der Waals surface area contributed by atoms with E-state index in [1.807, 2.05) is 0 Å². The molecule has 2 aliphatic heterocycles. The number of rotatable bonds is 3. The maximum Gasteiger partial charge on any atom is 0.244 e. The monoisotopic (exact) mass is 359 g/mol. The highest BCUT2D eigenvalue weighted by Gasteiger charge is 2.39. The van der Waals surface area contributed by atoms with Crippen molar-refractivity contribution in [2.75, 3.05) is 32.9 Å². The van der Waals surface area contributed by atoms with E-state index in [1.165, 1.54) is 16.4 Å². The van der Waals surface area contributed by atoms with Gasteiger partial charge < -0.3 is 14.2 Å². The summed E-state index contributed by atoms with van der Waals surface area (Å²) >= 11 is 6.20. The van der Waals surface area contributed by atoms with Crippen LogP contribution in [0, 0.1) is 5.92 Å². The summed E-state index contributed by atoms with van der Waals surface area (Å²) in [5.74, 6) is 1.40. The molecule has 3 aliphatic rings. The van der Waals surface area contributed by atoms with Crippen LogP contribution in [-0.4, -0.2) is 51.7 Å². The molecule has 23 heavy (non-hydrogen) atoms. The molecule has 0 spiro atoms. The van der Waals surface area contributed by atoms with Crippen LogP contribution in [0.1, 0.15) is 12.8 Å². The van der Waals surface area contributed by atoms with Crippen molar-refractivity contribution < 1.29 is 22.6 Å². The molecule has 0 amide bonds. The lowest BCUT2D eigenvalue weighted by Gasteiger charge is -2.32. The van der Waals surface area contributed by atoms with Gasteiger partial charge in [0.15, 0.2) is 11.5 Å². The SMILES string of the molecule is O=S(=O)(c1cc2c(cc1Cl)OCCO2)N1CCOC(C2CC2)C1. The van der Waals surface area contributed by atoms with Crippen molar-refractivity contribution in [3.63, 3.8) is 0 Å². The van der Waals surface area contributed by atoms with Crippen LogP contribution in [0.15, 0.2) is 17.0 Å². The van der Waals surface area contributed by atoms with Gasteiger partial charge in [-0.25, -0.2) is 8.42 Å². The maximum absolute atomic E-state index is 13.0. The molecule has 4 rings (SSSR count). The molecule has 1 aliphatic carbocycles. The quantitative estimate of drug-likeness (QED) is 0.824. The van der Waals surface area contributed by atoms with Gasteiger partial charge in [0.2, 0.25) is 10.0 Å². The van der Waals surface area contributed by atoms with Gasteiger partial charge in [0.1, 0.15) is 18.1 Å². The molecule has 1 unspecified atom stereocenters. The Labute approximate surface area is 140 Å². The molecule has 0 bridgehead atoms. The molecule has 0 aromatic heterocycles. The van der Waals surface area contributed by atoms with Crippen molar-refractivity contribution in [3.8, 4) is 11.5 Å². The third kappa shape index (κ3) is 2.91. The zero-order valence-corrected chi connectivity index (χ0v) is 14.1. The molecule has 126 valence electrons. The summed E-state index contributed by atoms with van der Waals surface area (Å²) in [6, 6.07) is 2.98. The van der Waals surface area contributed by atoms with Crippen LogP contribution in [0.2, 0.25) is 5.02 Å². The first-order valence-electron chi connectivity index (χ1n) is 7.76. The third-order valence-corrected chi connectivity index (χ3v) is 6.75. The fraction of sp³-hybridized carbons (Fsp3) is 0.600. The average Bonchev–Trinajstić information content (AvgIpc) is 3.39. The number of nitrogens with zero attached hydrogens (tertiary/aromatic N) is 1. The summed E-state index contributed by atoms with van der Waals surface area (Å²) in [6.45, 7) is 1.98. The van der Waals surface area contributed by atoms with Crippen molar-refractivity contribution in [1.29, 1.82) is 0 Å². The molecule has 1 saturated carbocycles. The number of halogens is 1. The lowest BCUT2D eigenvalue weighted by Crippen LogP contribution is -2.46. The smallest absolute Gasteiger partial charge is 0.244 e. The molecular formula is C15H18ClNO5S. The summed E-state index contributed by atoms with van der Waals surface area (Å²) in [6.07, 6.45) is 2.22. The third-order valence-electron chi connectivity index (χ3n) is 4.42. The van der Waals surface area contributed by atoms with Crippen LogP contribution in [0.3, 0.4) is 0 Å². The molecule has 2 fully saturated rings. The van der Waals surface area contributed by atoms with Gasteiger partial charge in [-0.1, -0.05) is 11.6 Å². The number of fused-ring (bicyclic) bond motifs is 1. The first-order chi connectivity index (χ1) is 11.1. The maximum atomic E-state index is 13.0. The Morgan fingerprint density at radius 2 is 1.78 bits per heavy atom. The van der Waals surface area contributed by atoms with Crippen LogP contribution in [0.4, 0.5) is 0 Å². The fourth-order valence-electron chi connectivity index (χ4n) is 3.00. The van der Waals surface area contributed by atoms with Gasteiger partial charge in [-0.15, -0.1) is 0 Å². The molecule has 0 radical (unpaired) electrons. The molecule has 1 aromatic rings. The standard InChI is InChI=1S/C15H18ClNO5S/c16-11-7-12-13(22-6-5-21-12)8-15(11)23(18,19)17-3-4-20-14(9-17)10-1-2-10/h7-8,10,14H,1-6,9H2. The minimum atomic E-state index is -3.68. The first kappa shape index (κ1) is 15.5. The number of benzene rings is 1. The highest BCUT2D eigenvalue weighted by atomic mass is 35.5. The number of ether oxygens (including phenoxy) is 3. The van der Waals surface area contributed by atoms with Crippen LogP contribution in [-0.2, 0) is 14.8 Å². The molecule has 1 atom stereocenters. The Balaban J connectivity index is 1.65. The van der Waals surface area contributed by atoms with E-state index in [1.54, 1.807) is 0 Å². The molecule has 2 heterocycles. The predicted molar refractivity (Wildman–Crippen MR) is 83.7 cm³/mol. The van der Waals surface area contributed by atoms with Crippen LogP contribution < -0.4 is 9.47 Å². The molecule has 8 heteroatoms. The van der Waals surface area contributed by atoms with E-state index in [0.717, 1.165) is 12.8 Å². The van der Waals surface area contributed by atoms with E-state index in [0.29, 0.717) is 50.3 Å². The van der Waals surface area contributed by atoms with Crippen molar-refractivity contribution in [2.45, 2.75) is 23.8 Å². The highest BCUT2D eigenvalue weighted by Crippen LogP contribution is 2.40. The summed E-state index contributed by atoms with van der Waals surface area (Å²) in [5, 5.41) is 0.156. The van der Waals surface area contributed by atoms with Crippen LogP contribution in [0.25, 0.3) is 0 Å². The van der Waals surface area contributed by atoms with E-state index in [-0.39, 0.29) is 16.0 Å². The van der Waals surface area contributed by atoms with Gasteiger partial charge in [0.25, 0.3) is 0 Å².